The molecular weight excluding hydrogens is 364 g/mol. The molecule has 1 fully saturated rings. The van der Waals surface area contributed by atoms with E-state index in [0.717, 1.165) is 29.9 Å². The van der Waals surface area contributed by atoms with Crippen LogP contribution in [0, 0.1) is 0 Å². The Hall–Kier alpha value is -2.47. The Bertz CT molecular complexity index is 939. The first kappa shape index (κ1) is 17.9. The number of ether oxygens (including phenoxy) is 1. The number of nitrogens with zero attached hydrogens (tertiary/aromatic N) is 2. The number of hydrogen-bond acceptors (Lipinski definition) is 4. The average Bonchev–Trinajstić information content (AvgIpc) is 3.24. The van der Waals surface area contributed by atoms with Gasteiger partial charge < -0.3 is 10.1 Å². The third-order valence-electron chi connectivity index (χ3n) is 5.02. The number of imidazole rings is 1. The molecule has 2 heterocycles. The second-order valence-electron chi connectivity index (χ2n) is 6.86. The minimum absolute atomic E-state index is 0.327. The SMILES string of the molecule is CCOC(=O)c1c[nH]n2c(NC3CCCCC3)c(-c3ccc(Cl)cc3)nc12. The first-order chi connectivity index (χ1) is 13.2. The summed E-state index contributed by atoms with van der Waals surface area (Å²) in [6, 6.07) is 7.99. The highest BCUT2D eigenvalue weighted by molar-refractivity contribution is 6.30. The fourth-order valence-electron chi connectivity index (χ4n) is 3.66. The number of fused-ring (bicyclic) bond motifs is 1. The van der Waals surface area contributed by atoms with E-state index in [1.54, 1.807) is 13.1 Å². The average molecular weight is 387 g/mol. The summed E-state index contributed by atoms with van der Waals surface area (Å²) in [6.45, 7) is 2.12. The van der Waals surface area contributed by atoms with E-state index >= 15 is 0 Å². The minimum atomic E-state index is -0.374. The lowest BCUT2D eigenvalue weighted by Gasteiger charge is -2.23. The van der Waals surface area contributed by atoms with Crippen molar-refractivity contribution in [2.45, 2.75) is 45.1 Å². The molecule has 27 heavy (non-hydrogen) atoms. The number of halogens is 1. The Balaban J connectivity index is 1.79. The van der Waals surface area contributed by atoms with Crippen molar-refractivity contribution in [3.8, 4) is 11.3 Å². The van der Waals surface area contributed by atoms with Crippen molar-refractivity contribution in [3.05, 3.63) is 41.0 Å². The Morgan fingerprint density at radius 1 is 1.30 bits per heavy atom. The highest BCUT2D eigenvalue weighted by Crippen LogP contribution is 2.33. The van der Waals surface area contributed by atoms with Crippen molar-refractivity contribution in [3.63, 3.8) is 0 Å². The number of carbonyl (C=O) groups is 1. The lowest BCUT2D eigenvalue weighted by molar-refractivity contribution is 0.0528. The van der Waals surface area contributed by atoms with E-state index in [4.69, 9.17) is 21.3 Å². The van der Waals surface area contributed by atoms with Crippen LogP contribution in [-0.4, -0.2) is 33.2 Å². The van der Waals surface area contributed by atoms with Gasteiger partial charge in [-0.05, 0) is 31.9 Å². The highest BCUT2D eigenvalue weighted by Gasteiger charge is 2.24. The zero-order valence-electron chi connectivity index (χ0n) is 15.3. The van der Waals surface area contributed by atoms with Crippen LogP contribution in [0.2, 0.25) is 5.02 Å². The van der Waals surface area contributed by atoms with Gasteiger partial charge in [0.25, 0.3) is 0 Å². The molecule has 142 valence electrons. The normalized spacial score (nSPS) is 15.2. The van der Waals surface area contributed by atoms with Crippen LogP contribution in [0.4, 0.5) is 5.82 Å². The fraction of sp³-hybridized carbons (Fsp3) is 0.400. The smallest absolute Gasteiger partial charge is 0.343 e. The van der Waals surface area contributed by atoms with Gasteiger partial charge in [0, 0.05) is 22.8 Å². The second kappa shape index (κ2) is 7.64. The van der Waals surface area contributed by atoms with E-state index in [1.807, 2.05) is 28.8 Å². The van der Waals surface area contributed by atoms with E-state index in [2.05, 4.69) is 10.4 Å². The van der Waals surface area contributed by atoms with Crippen LogP contribution in [0.5, 0.6) is 0 Å². The van der Waals surface area contributed by atoms with E-state index in [-0.39, 0.29) is 5.97 Å². The van der Waals surface area contributed by atoms with Gasteiger partial charge in [0.15, 0.2) is 11.5 Å². The molecule has 0 spiro atoms. The van der Waals surface area contributed by atoms with Gasteiger partial charge in [0.2, 0.25) is 0 Å². The molecule has 0 saturated heterocycles. The summed E-state index contributed by atoms with van der Waals surface area (Å²) in [7, 11) is 0. The molecule has 0 atom stereocenters. The van der Waals surface area contributed by atoms with Crippen LogP contribution < -0.4 is 5.32 Å². The topological polar surface area (TPSA) is 71.4 Å². The third kappa shape index (κ3) is 3.54. The zero-order valence-corrected chi connectivity index (χ0v) is 16.1. The highest BCUT2D eigenvalue weighted by atomic mass is 35.5. The maximum Gasteiger partial charge on any atom is 0.343 e. The molecule has 2 N–H and O–H groups in total. The molecule has 1 aliphatic carbocycles. The number of benzene rings is 1. The second-order valence-corrected chi connectivity index (χ2v) is 7.30. The van der Waals surface area contributed by atoms with Gasteiger partial charge in [-0.1, -0.05) is 43.0 Å². The molecule has 1 aliphatic rings. The van der Waals surface area contributed by atoms with Gasteiger partial charge in [-0.25, -0.2) is 14.3 Å². The first-order valence-electron chi connectivity index (χ1n) is 9.46. The summed E-state index contributed by atoms with van der Waals surface area (Å²) >= 11 is 6.05. The molecule has 4 rings (SSSR count). The maximum atomic E-state index is 12.3. The van der Waals surface area contributed by atoms with Crippen LogP contribution in [0.1, 0.15) is 49.4 Å². The van der Waals surface area contributed by atoms with E-state index in [1.165, 1.54) is 19.3 Å². The molecule has 0 unspecified atom stereocenters. The molecule has 1 aromatic carbocycles. The third-order valence-corrected chi connectivity index (χ3v) is 5.27. The maximum absolute atomic E-state index is 12.3. The van der Waals surface area contributed by atoms with Crippen molar-refractivity contribution < 1.29 is 9.53 Å². The Morgan fingerprint density at radius 3 is 2.74 bits per heavy atom. The number of hydrogen-bond donors (Lipinski definition) is 2. The minimum Gasteiger partial charge on any atom is -0.462 e. The number of nitrogens with one attached hydrogen (secondary N) is 2. The largest absolute Gasteiger partial charge is 0.462 e. The summed E-state index contributed by atoms with van der Waals surface area (Å²) < 4.78 is 7.00. The number of esters is 1. The molecule has 0 amide bonds. The molecule has 0 bridgehead atoms. The monoisotopic (exact) mass is 386 g/mol. The number of H-pyrrole nitrogens is 1. The quantitative estimate of drug-likeness (QED) is 0.611. The predicted octanol–water partition coefficient (Wildman–Crippen LogP) is 4.90. The molecule has 6 nitrogen and oxygen atoms in total. The van der Waals surface area contributed by atoms with Crippen molar-refractivity contribution in [1.29, 1.82) is 0 Å². The summed E-state index contributed by atoms with van der Waals surface area (Å²) in [5, 5.41) is 7.48. The summed E-state index contributed by atoms with van der Waals surface area (Å²) in [5.74, 6) is 0.496. The molecule has 7 heteroatoms. The molecule has 2 aromatic heterocycles. The number of aromatic nitrogens is 3. The van der Waals surface area contributed by atoms with Crippen LogP contribution in [0.3, 0.4) is 0 Å². The van der Waals surface area contributed by atoms with E-state index in [9.17, 15) is 4.79 Å². The van der Waals surface area contributed by atoms with E-state index in [0.29, 0.717) is 28.9 Å². The zero-order chi connectivity index (χ0) is 18.8. The lowest BCUT2D eigenvalue weighted by Crippen LogP contribution is -2.23. The van der Waals surface area contributed by atoms with Crippen molar-refractivity contribution >= 4 is 29.0 Å². The summed E-state index contributed by atoms with van der Waals surface area (Å²) in [4.78, 5) is 17.0. The Labute approximate surface area is 162 Å². The number of rotatable bonds is 5. The van der Waals surface area contributed by atoms with Gasteiger partial charge >= 0.3 is 5.97 Å². The standard InChI is InChI=1S/C20H23ClN4O2/c1-2-27-20(26)16-12-22-25-18(16)24-17(13-8-10-14(21)11-9-13)19(25)23-15-6-4-3-5-7-15/h8-12,15,22-23H,2-7H2,1H3. The van der Waals surface area contributed by atoms with Crippen molar-refractivity contribution in [2.24, 2.45) is 0 Å². The molecule has 3 aromatic rings. The summed E-state index contributed by atoms with van der Waals surface area (Å²) in [6.07, 6.45) is 7.68. The first-order valence-corrected chi connectivity index (χ1v) is 9.84. The van der Waals surface area contributed by atoms with Crippen LogP contribution in [0.15, 0.2) is 30.5 Å². The molecule has 0 radical (unpaired) electrons. The van der Waals surface area contributed by atoms with Gasteiger partial charge in [-0.15, -0.1) is 0 Å². The Kier molecular flexibility index (Phi) is 5.07. The lowest BCUT2D eigenvalue weighted by atomic mass is 9.95. The van der Waals surface area contributed by atoms with Gasteiger partial charge in [0.05, 0.1) is 6.61 Å². The van der Waals surface area contributed by atoms with Crippen molar-refractivity contribution in [1.82, 2.24) is 14.6 Å². The van der Waals surface area contributed by atoms with Gasteiger partial charge in [0.1, 0.15) is 11.3 Å². The number of aromatic amines is 1. The Morgan fingerprint density at radius 2 is 2.04 bits per heavy atom. The predicted molar refractivity (Wildman–Crippen MR) is 106 cm³/mol. The summed E-state index contributed by atoms with van der Waals surface area (Å²) in [5.41, 5.74) is 2.75. The molecule has 0 aliphatic heterocycles. The molecular formula is C20H23ClN4O2. The van der Waals surface area contributed by atoms with Crippen molar-refractivity contribution in [2.75, 3.05) is 11.9 Å². The van der Waals surface area contributed by atoms with Crippen LogP contribution in [-0.2, 0) is 4.74 Å². The van der Waals surface area contributed by atoms with Crippen LogP contribution >= 0.6 is 11.6 Å². The number of anilines is 1. The fourth-order valence-corrected chi connectivity index (χ4v) is 3.79. The van der Waals surface area contributed by atoms with Gasteiger partial charge in [-0.3, -0.25) is 5.10 Å². The van der Waals surface area contributed by atoms with Gasteiger partial charge in [-0.2, -0.15) is 0 Å². The van der Waals surface area contributed by atoms with E-state index < -0.39 is 0 Å². The number of carbonyl (C=O) groups excluding carboxylic acids is 1. The molecule has 1 saturated carbocycles. The van der Waals surface area contributed by atoms with Crippen LogP contribution in [0.25, 0.3) is 16.9 Å².